The number of hydrogen-bond donors (Lipinski definition) is 2. The van der Waals surface area contributed by atoms with Gasteiger partial charge in [-0.25, -0.2) is 4.98 Å². The summed E-state index contributed by atoms with van der Waals surface area (Å²) in [6.45, 7) is 4.25. The molecule has 0 bridgehead atoms. The molecule has 0 aliphatic heterocycles. The number of aliphatic hydroxyl groups excluding tert-OH is 1. The maximum Gasteiger partial charge on any atom is 0.112 e. The summed E-state index contributed by atoms with van der Waals surface area (Å²) in [5.74, 6) is 1.22. The molecule has 0 aliphatic rings. The highest BCUT2D eigenvalue weighted by Gasteiger charge is 2.18. The molecule has 0 fully saturated rings. The quantitative estimate of drug-likeness (QED) is 0.888. The van der Waals surface area contributed by atoms with Gasteiger partial charge in [-0.3, -0.25) is 0 Å². The second-order valence-electron chi connectivity index (χ2n) is 4.72. The number of nitrogens with zero attached hydrogens (tertiary/aromatic N) is 1. The molecule has 2 N–H and O–H groups in total. The molecule has 2 aromatic rings. The minimum atomic E-state index is 0.0473. The Hall–Kier alpha value is -1.32. The molecule has 1 unspecified atom stereocenters. The maximum absolute atomic E-state index is 9.39. The van der Waals surface area contributed by atoms with E-state index in [1.165, 1.54) is 0 Å². The molecule has 96 valence electrons. The van der Waals surface area contributed by atoms with Crippen molar-refractivity contribution in [1.29, 1.82) is 0 Å². The minimum Gasteiger partial charge on any atom is -0.396 e. The van der Waals surface area contributed by atoms with Crippen LogP contribution in [0.2, 0.25) is 5.02 Å². The summed E-state index contributed by atoms with van der Waals surface area (Å²) in [6.07, 6.45) is 1.80. The smallest absolute Gasteiger partial charge is 0.112 e. The van der Waals surface area contributed by atoms with Crippen molar-refractivity contribution in [2.75, 3.05) is 6.61 Å². The highest BCUT2D eigenvalue weighted by molar-refractivity contribution is 6.30. The van der Waals surface area contributed by atoms with Crippen molar-refractivity contribution in [3.63, 3.8) is 0 Å². The summed E-state index contributed by atoms with van der Waals surface area (Å²) in [4.78, 5) is 7.63. The zero-order valence-corrected chi connectivity index (χ0v) is 11.3. The zero-order valence-electron chi connectivity index (χ0n) is 10.5. The fourth-order valence-corrected chi connectivity index (χ4v) is 2.04. The maximum atomic E-state index is 9.39. The fraction of sp³-hybridized carbons (Fsp3) is 0.357. The molecule has 0 saturated carbocycles. The van der Waals surface area contributed by atoms with Crippen LogP contribution in [0, 0.1) is 5.92 Å². The van der Waals surface area contributed by atoms with Gasteiger partial charge in [0.25, 0.3) is 0 Å². The predicted octanol–water partition coefficient (Wildman–Crippen LogP) is 3.46. The van der Waals surface area contributed by atoms with Gasteiger partial charge in [0.2, 0.25) is 0 Å². The summed E-state index contributed by atoms with van der Waals surface area (Å²) in [5, 5.41) is 10.1. The number of benzene rings is 1. The number of aromatic nitrogens is 2. The van der Waals surface area contributed by atoms with Crippen molar-refractivity contribution < 1.29 is 5.11 Å². The molecule has 0 aliphatic carbocycles. The van der Waals surface area contributed by atoms with Gasteiger partial charge in [0.05, 0.1) is 18.5 Å². The van der Waals surface area contributed by atoms with Gasteiger partial charge in [0.15, 0.2) is 0 Å². The van der Waals surface area contributed by atoms with Crippen LogP contribution in [0.3, 0.4) is 0 Å². The molecule has 0 saturated heterocycles. The van der Waals surface area contributed by atoms with Crippen LogP contribution < -0.4 is 0 Å². The van der Waals surface area contributed by atoms with E-state index in [1.807, 2.05) is 24.3 Å². The average molecular weight is 265 g/mol. The van der Waals surface area contributed by atoms with E-state index in [-0.39, 0.29) is 12.5 Å². The van der Waals surface area contributed by atoms with Crippen LogP contribution in [0.1, 0.15) is 25.6 Å². The van der Waals surface area contributed by atoms with Crippen LogP contribution in [0.4, 0.5) is 0 Å². The molecular weight excluding hydrogens is 248 g/mol. The van der Waals surface area contributed by atoms with Gasteiger partial charge in [-0.2, -0.15) is 0 Å². The number of hydrogen-bond acceptors (Lipinski definition) is 2. The Kier molecular flexibility index (Phi) is 4.04. The number of aromatic amines is 1. The lowest BCUT2D eigenvalue weighted by Gasteiger charge is -2.15. The first kappa shape index (κ1) is 13.1. The molecule has 1 heterocycles. The van der Waals surface area contributed by atoms with E-state index in [1.54, 1.807) is 6.20 Å². The lowest BCUT2D eigenvalue weighted by Crippen LogP contribution is -2.12. The molecule has 18 heavy (non-hydrogen) atoms. The van der Waals surface area contributed by atoms with E-state index < -0.39 is 0 Å². The molecule has 1 aromatic heterocycles. The Morgan fingerprint density at radius 3 is 2.50 bits per heavy atom. The summed E-state index contributed by atoms with van der Waals surface area (Å²) in [6, 6.07) is 7.60. The number of nitrogens with one attached hydrogen (secondary N) is 1. The van der Waals surface area contributed by atoms with E-state index >= 15 is 0 Å². The third kappa shape index (κ3) is 2.74. The molecule has 0 amide bonds. The number of rotatable bonds is 4. The van der Waals surface area contributed by atoms with E-state index in [2.05, 4.69) is 23.8 Å². The van der Waals surface area contributed by atoms with Crippen LogP contribution in [-0.4, -0.2) is 21.7 Å². The number of halogens is 1. The Labute approximate surface area is 112 Å². The van der Waals surface area contributed by atoms with Crippen molar-refractivity contribution >= 4 is 11.6 Å². The normalized spacial score (nSPS) is 12.9. The second-order valence-corrected chi connectivity index (χ2v) is 5.16. The largest absolute Gasteiger partial charge is 0.396 e. The van der Waals surface area contributed by atoms with Crippen LogP contribution in [0.15, 0.2) is 30.5 Å². The number of H-pyrrole nitrogens is 1. The highest BCUT2D eigenvalue weighted by atomic mass is 35.5. The van der Waals surface area contributed by atoms with Gasteiger partial charge in [-0.05, 0) is 23.6 Å². The van der Waals surface area contributed by atoms with Crippen molar-refractivity contribution in [3.8, 4) is 11.3 Å². The van der Waals surface area contributed by atoms with E-state index in [4.69, 9.17) is 11.6 Å². The van der Waals surface area contributed by atoms with Gasteiger partial charge in [0, 0.05) is 10.9 Å². The van der Waals surface area contributed by atoms with Gasteiger partial charge in [0.1, 0.15) is 5.82 Å². The van der Waals surface area contributed by atoms with Crippen LogP contribution in [0.25, 0.3) is 11.3 Å². The van der Waals surface area contributed by atoms with E-state index in [0.29, 0.717) is 10.9 Å². The first-order valence-electron chi connectivity index (χ1n) is 6.03. The topological polar surface area (TPSA) is 48.9 Å². The summed E-state index contributed by atoms with van der Waals surface area (Å²) >= 11 is 5.86. The first-order valence-corrected chi connectivity index (χ1v) is 6.41. The Bertz CT molecular complexity index is 505. The average Bonchev–Trinajstić information content (AvgIpc) is 2.80. The van der Waals surface area contributed by atoms with E-state index in [0.717, 1.165) is 17.1 Å². The molecular formula is C14H17ClN2O. The van der Waals surface area contributed by atoms with Crippen LogP contribution >= 0.6 is 11.6 Å². The van der Waals surface area contributed by atoms with Crippen molar-refractivity contribution in [1.82, 2.24) is 9.97 Å². The molecule has 0 radical (unpaired) electrons. The molecule has 1 aromatic carbocycles. The molecule has 2 rings (SSSR count). The van der Waals surface area contributed by atoms with Gasteiger partial charge >= 0.3 is 0 Å². The monoisotopic (exact) mass is 264 g/mol. The fourth-order valence-electron chi connectivity index (χ4n) is 1.91. The SMILES string of the molecule is CC(C)C(CO)c1ncc(-c2ccc(Cl)cc2)[nH]1. The third-order valence-corrected chi connectivity index (χ3v) is 3.36. The summed E-state index contributed by atoms with van der Waals surface area (Å²) in [5.41, 5.74) is 1.99. The summed E-state index contributed by atoms with van der Waals surface area (Å²) < 4.78 is 0. The van der Waals surface area contributed by atoms with Crippen LogP contribution in [-0.2, 0) is 0 Å². The summed E-state index contributed by atoms with van der Waals surface area (Å²) in [7, 11) is 0. The Morgan fingerprint density at radius 1 is 1.28 bits per heavy atom. The standard InChI is InChI=1S/C14H17ClN2O/c1-9(2)12(8-18)14-16-7-13(17-14)10-3-5-11(15)6-4-10/h3-7,9,12,18H,8H2,1-2H3,(H,16,17). The molecule has 1 atom stereocenters. The Balaban J connectivity index is 2.27. The van der Waals surface area contributed by atoms with Crippen LogP contribution in [0.5, 0.6) is 0 Å². The molecule has 3 nitrogen and oxygen atoms in total. The third-order valence-electron chi connectivity index (χ3n) is 3.10. The lowest BCUT2D eigenvalue weighted by molar-refractivity contribution is 0.232. The second kappa shape index (κ2) is 5.55. The zero-order chi connectivity index (χ0) is 13.1. The molecule has 4 heteroatoms. The minimum absolute atomic E-state index is 0.0473. The highest BCUT2D eigenvalue weighted by Crippen LogP contribution is 2.25. The van der Waals surface area contributed by atoms with Gasteiger partial charge < -0.3 is 10.1 Å². The van der Waals surface area contributed by atoms with Crippen molar-refractivity contribution in [2.45, 2.75) is 19.8 Å². The van der Waals surface area contributed by atoms with E-state index in [9.17, 15) is 5.11 Å². The number of imidazole rings is 1. The Morgan fingerprint density at radius 2 is 1.94 bits per heavy atom. The van der Waals surface area contributed by atoms with Gasteiger partial charge in [-0.15, -0.1) is 0 Å². The lowest BCUT2D eigenvalue weighted by atomic mass is 9.96. The first-order chi connectivity index (χ1) is 8.61. The molecule has 0 spiro atoms. The van der Waals surface area contributed by atoms with Crippen molar-refractivity contribution in [2.24, 2.45) is 5.92 Å². The predicted molar refractivity (Wildman–Crippen MR) is 73.7 cm³/mol. The van der Waals surface area contributed by atoms with Crippen molar-refractivity contribution in [3.05, 3.63) is 41.3 Å². The van der Waals surface area contributed by atoms with Gasteiger partial charge in [-0.1, -0.05) is 37.6 Å². The number of aliphatic hydroxyl groups is 1.